The van der Waals surface area contributed by atoms with E-state index in [0.717, 1.165) is 43.0 Å². The highest BCUT2D eigenvalue weighted by Crippen LogP contribution is 2.57. The van der Waals surface area contributed by atoms with Gasteiger partial charge in [0.15, 0.2) is 0 Å². The molecule has 1 aromatic rings. The number of nitro benzene ring substituents is 2. The van der Waals surface area contributed by atoms with Crippen molar-refractivity contribution < 1.29 is 19.4 Å². The summed E-state index contributed by atoms with van der Waals surface area (Å²) in [5, 5.41) is 22.0. The maximum Gasteiger partial charge on any atom is 0.339 e. The molecule has 8 nitrogen and oxygen atoms in total. The SMILES string of the molecule is C=C(C)C1(OC(=O)c2cc([N+](=O)[O-])cc([N+](=O)[O-])c2)CC2CCCCC21. The Bertz CT molecular complexity index is 773. The number of nitrogens with zero attached hydrogens (tertiary/aromatic N) is 2. The quantitative estimate of drug-likeness (QED) is 0.337. The van der Waals surface area contributed by atoms with Gasteiger partial charge in [-0.1, -0.05) is 19.4 Å². The zero-order valence-electron chi connectivity index (χ0n) is 14.5. The van der Waals surface area contributed by atoms with Crippen molar-refractivity contribution in [2.75, 3.05) is 0 Å². The molecule has 0 N–H and O–H groups in total. The fourth-order valence-electron chi connectivity index (χ4n) is 4.29. The standard InChI is InChI=1S/C18H20N2O6/c1-11(2)18(10-12-5-3-4-6-16(12)18)26-17(21)13-7-14(19(22)23)9-15(8-13)20(24)25/h7-9,12,16H,1,3-6,10H2,2H3. The Kier molecular flexibility index (Phi) is 4.52. The molecule has 138 valence electrons. The Labute approximate surface area is 150 Å². The fraction of sp³-hybridized carbons (Fsp3) is 0.500. The van der Waals surface area contributed by atoms with E-state index >= 15 is 0 Å². The lowest BCUT2D eigenvalue weighted by Crippen LogP contribution is -2.58. The van der Waals surface area contributed by atoms with Crippen LogP contribution in [-0.4, -0.2) is 21.4 Å². The molecule has 1 aromatic carbocycles. The predicted octanol–water partition coefficient (Wildman–Crippen LogP) is 4.18. The van der Waals surface area contributed by atoms with Gasteiger partial charge in [-0.25, -0.2) is 4.79 Å². The summed E-state index contributed by atoms with van der Waals surface area (Å²) in [7, 11) is 0. The Hall–Kier alpha value is -2.77. The van der Waals surface area contributed by atoms with Gasteiger partial charge >= 0.3 is 5.97 Å². The second kappa shape index (κ2) is 6.51. The molecule has 0 aliphatic heterocycles. The molecule has 0 heterocycles. The van der Waals surface area contributed by atoms with Crippen molar-refractivity contribution in [3.8, 4) is 0 Å². The van der Waals surface area contributed by atoms with E-state index in [9.17, 15) is 25.0 Å². The average molecular weight is 360 g/mol. The summed E-state index contributed by atoms with van der Waals surface area (Å²) < 4.78 is 5.78. The highest BCUT2D eigenvalue weighted by Gasteiger charge is 2.57. The molecule has 0 aromatic heterocycles. The molecular weight excluding hydrogens is 340 g/mol. The summed E-state index contributed by atoms with van der Waals surface area (Å²) in [5.74, 6) is -0.0945. The Morgan fingerprint density at radius 3 is 2.23 bits per heavy atom. The van der Waals surface area contributed by atoms with Gasteiger partial charge in [-0.05, 0) is 37.7 Å². The van der Waals surface area contributed by atoms with E-state index in [1.54, 1.807) is 0 Å². The summed E-state index contributed by atoms with van der Waals surface area (Å²) in [6.07, 6.45) is 4.96. The minimum Gasteiger partial charge on any atom is -0.451 e. The van der Waals surface area contributed by atoms with Crippen LogP contribution in [0.4, 0.5) is 11.4 Å². The van der Waals surface area contributed by atoms with E-state index in [0.29, 0.717) is 12.3 Å². The number of rotatable bonds is 5. The molecule has 8 heteroatoms. The van der Waals surface area contributed by atoms with E-state index in [-0.39, 0.29) is 11.5 Å². The number of hydrogen-bond acceptors (Lipinski definition) is 6. The van der Waals surface area contributed by atoms with E-state index in [1.807, 2.05) is 6.92 Å². The van der Waals surface area contributed by atoms with Crippen molar-refractivity contribution in [2.45, 2.75) is 44.6 Å². The average Bonchev–Trinajstić information content (AvgIpc) is 2.58. The summed E-state index contributed by atoms with van der Waals surface area (Å²) in [6.45, 7) is 5.80. The lowest BCUT2D eigenvalue weighted by molar-refractivity contribution is -0.394. The molecule has 2 aliphatic carbocycles. The third kappa shape index (κ3) is 2.95. The highest BCUT2D eigenvalue weighted by atomic mass is 16.6. The number of esters is 1. The van der Waals surface area contributed by atoms with Crippen molar-refractivity contribution in [2.24, 2.45) is 11.8 Å². The van der Waals surface area contributed by atoms with Gasteiger partial charge < -0.3 is 4.74 Å². The van der Waals surface area contributed by atoms with E-state index in [1.165, 1.54) is 6.42 Å². The first-order valence-electron chi connectivity index (χ1n) is 8.58. The molecule has 2 aliphatic rings. The molecule has 3 atom stereocenters. The molecule has 2 saturated carbocycles. The lowest BCUT2D eigenvalue weighted by Gasteiger charge is -2.56. The molecule has 0 amide bonds. The Balaban J connectivity index is 1.90. The van der Waals surface area contributed by atoms with Gasteiger partial charge in [0.05, 0.1) is 21.5 Å². The van der Waals surface area contributed by atoms with E-state index < -0.39 is 32.8 Å². The summed E-state index contributed by atoms with van der Waals surface area (Å²) in [5.41, 5.74) is -1.25. The zero-order chi connectivity index (χ0) is 19.1. The summed E-state index contributed by atoms with van der Waals surface area (Å²) >= 11 is 0. The zero-order valence-corrected chi connectivity index (χ0v) is 14.5. The second-order valence-corrected chi connectivity index (χ2v) is 7.17. The van der Waals surface area contributed by atoms with Gasteiger partial charge in [0.1, 0.15) is 5.60 Å². The monoisotopic (exact) mass is 360 g/mol. The van der Waals surface area contributed by atoms with E-state index in [2.05, 4.69) is 6.58 Å². The van der Waals surface area contributed by atoms with Crippen LogP contribution in [0.15, 0.2) is 30.4 Å². The fourth-order valence-corrected chi connectivity index (χ4v) is 4.29. The lowest BCUT2D eigenvalue weighted by atomic mass is 9.53. The predicted molar refractivity (Wildman–Crippen MR) is 92.8 cm³/mol. The smallest absolute Gasteiger partial charge is 0.339 e. The van der Waals surface area contributed by atoms with Crippen LogP contribution >= 0.6 is 0 Å². The summed E-state index contributed by atoms with van der Waals surface area (Å²) in [6, 6.07) is 2.85. The van der Waals surface area contributed by atoms with Crippen LogP contribution in [0.5, 0.6) is 0 Å². The molecule has 2 fully saturated rings. The van der Waals surface area contributed by atoms with Gasteiger partial charge in [-0.3, -0.25) is 20.2 Å². The highest BCUT2D eigenvalue weighted by molar-refractivity contribution is 5.91. The van der Waals surface area contributed by atoms with Crippen LogP contribution in [0, 0.1) is 32.1 Å². The molecule has 0 radical (unpaired) electrons. The van der Waals surface area contributed by atoms with Crippen LogP contribution in [-0.2, 0) is 4.74 Å². The van der Waals surface area contributed by atoms with Crippen LogP contribution in [0.3, 0.4) is 0 Å². The first-order valence-corrected chi connectivity index (χ1v) is 8.58. The van der Waals surface area contributed by atoms with Gasteiger partial charge in [-0.15, -0.1) is 0 Å². The minimum absolute atomic E-state index is 0.189. The number of non-ortho nitro benzene ring substituents is 2. The number of carbonyl (C=O) groups is 1. The van der Waals surface area contributed by atoms with Crippen molar-refractivity contribution in [3.05, 3.63) is 56.1 Å². The van der Waals surface area contributed by atoms with Crippen LogP contribution in [0.2, 0.25) is 0 Å². The largest absolute Gasteiger partial charge is 0.451 e. The third-order valence-corrected chi connectivity index (χ3v) is 5.63. The van der Waals surface area contributed by atoms with Crippen molar-refractivity contribution in [1.82, 2.24) is 0 Å². The first-order chi connectivity index (χ1) is 12.2. The van der Waals surface area contributed by atoms with Crippen molar-refractivity contribution in [3.63, 3.8) is 0 Å². The topological polar surface area (TPSA) is 113 Å². The van der Waals surface area contributed by atoms with Gasteiger partial charge in [-0.2, -0.15) is 0 Å². The summed E-state index contributed by atoms with van der Waals surface area (Å²) in [4.78, 5) is 33.2. The van der Waals surface area contributed by atoms with Crippen LogP contribution < -0.4 is 0 Å². The molecule has 3 unspecified atom stereocenters. The van der Waals surface area contributed by atoms with Gasteiger partial charge in [0, 0.05) is 18.1 Å². The normalized spacial score (nSPS) is 27.0. The molecule has 0 bridgehead atoms. The molecule has 0 saturated heterocycles. The van der Waals surface area contributed by atoms with Crippen LogP contribution in [0.25, 0.3) is 0 Å². The number of hydrogen-bond donors (Lipinski definition) is 0. The van der Waals surface area contributed by atoms with Crippen molar-refractivity contribution in [1.29, 1.82) is 0 Å². The maximum absolute atomic E-state index is 12.7. The first kappa shape index (κ1) is 18.0. The number of fused-ring (bicyclic) bond motifs is 1. The van der Waals surface area contributed by atoms with Crippen LogP contribution in [0.1, 0.15) is 49.4 Å². The second-order valence-electron chi connectivity index (χ2n) is 7.17. The molecule has 3 rings (SSSR count). The maximum atomic E-state index is 12.7. The number of ether oxygens (including phenoxy) is 1. The molecule has 0 spiro atoms. The third-order valence-electron chi connectivity index (χ3n) is 5.63. The number of nitro groups is 2. The number of carbonyl (C=O) groups excluding carboxylic acids is 1. The van der Waals surface area contributed by atoms with E-state index in [4.69, 9.17) is 4.74 Å². The Morgan fingerprint density at radius 1 is 1.15 bits per heavy atom. The molecular formula is C18H20N2O6. The molecule has 26 heavy (non-hydrogen) atoms. The minimum atomic E-state index is -0.788. The van der Waals surface area contributed by atoms with Crippen molar-refractivity contribution >= 4 is 17.3 Å². The van der Waals surface area contributed by atoms with Gasteiger partial charge in [0.25, 0.3) is 11.4 Å². The number of benzene rings is 1. The van der Waals surface area contributed by atoms with Gasteiger partial charge in [0.2, 0.25) is 0 Å². The Morgan fingerprint density at radius 2 is 1.73 bits per heavy atom.